The van der Waals surface area contributed by atoms with Gasteiger partial charge in [0.2, 0.25) is 5.91 Å². The first kappa shape index (κ1) is 11.6. The SMILES string of the molecule is CC(C)N1C(=O)CC(=O)C1c1ccccc1N. The van der Waals surface area contributed by atoms with Crippen molar-refractivity contribution < 1.29 is 9.59 Å². The maximum atomic E-state index is 11.9. The van der Waals surface area contributed by atoms with Crippen LogP contribution in [0.3, 0.4) is 0 Å². The summed E-state index contributed by atoms with van der Waals surface area (Å²) >= 11 is 0. The number of nitrogen functional groups attached to an aromatic ring is 1. The minimum absolute atomic E-state index is 0.00134. The number of ketones is 1. The molecule has 4 nitrogen and oxygen atoms in total. The fourth-order valence-electron chi connectivity index (χ4n) is 2.31. The maximum Gasteiger partial charge on any atom is 0.231 e. The van der Waals surface area contributed by atoms with Gasteiger partial charge in [-0.3, -0.25) is 9.59 Å². The van der Waals surface area contributed by atoms with E-state index in [9.17, 15) is 9.59 Å². The molecule has 1 aliphatic heterocycles. The van der Waals surface area contributed by atoms with E-state index in [1.54, 1.807) is 11.0 Å². The highest BCUT2D eigenvalue weighted by atomic mass is 16.2. The number of hydrogen-bond donors (Lipinski definition) is 1. The van der Waals surface area contributed by atoms with E-state index in [0.29, 0.717) is 5.69 Å². The van der Waals surface area contributed by atoms with Crippen LogP contribution < -0.4 is 5.73 Å². The van der Waals surface area contributed by atoms with Gasteiger partial charge < -0.3 is 10.6 Å². The van der Waals surface area contributed by atoms with Crippen molar-refractivity contribution in [3.8, 4) is 0 Å². The van der Waals surface area contributed by atoms with Gasteiger partial charge in [-0.2, -0.15) is 0 Å². The molecule has 0 bridgehead atoms. The monoisotopic (exact) mass is 232 g/mol. The topological polar surface area (TPSA) is 63.4 Å². The number of hydrogen-bond acceptors (Lipinski definition) is 3. The standard InChI is InChI=1S/C13H16N2O2/c1-8(2)15-12(17)7-11(16)13(15)9-5-3-4-6-10(9)14/h3-6,8,13H,7,14H2,1-2H3. The van der Waals surface area contributed by atoms with Gasteiger partial charge >= 0.3 is 0 Å². The zero-order valence-electron chi connectivity index (χ0n) is 10.0. The van der Waals surface area contributed by atoms with Crippen LogP contribution in [-0.4, -0.2) is 22.6 Å². The molecule has 1 saturated heterocycles. The minimum atomic E-state index is -0.510. The molecule has 1 aromatic carbocycles. The summed E-state index contributed by atoms with van der Waals surface area (Å²) in [5.74, 6) is -0.181. The van der Waals surface area contributed by atoms with Crippen LogP contribution in [-0.2, 0) is 9.59 Å². The fraction of sp³-hybridized carbons (Fsp3) is 0.385. The van der Waals surface area contributed by atoms with Crippen molar-refractivity contribution >= 4 is 17.4 Å². The number of nitrogens with zero attached hydrogens (tertiary/aromatic N) is 1. The molecule has 1 unspecified atom stereocenters. The smallest absolute Gasteiger partial charge is 0.231 e. The quantitative estimate of drug-likeness (QED) is 0.621. The molecular formula is C13H16N2O2. The van der Waals surface area contributed by atoms with Crippen molar-refractivity contribution in [3.05, 3.63) is 29.8 Å². The first-order chi connectivity index (χ1) is 8.02. The number of rotatable bonds is 2. The second kappa shape index (κ2) is 4.20. The van der Waals surface area contributed by atoms with Gasteiger partial charge in [0.1, 0.15) is 6.04 Å². The fourth-order valence-corrected chi connectivity index (χ4v) is 2.31. The summed E-state index contributed by atoms with van der Waals surface area (Å²) in [6.45, 7) is 3.81. The Balaban J connectivity index is 2.46. The van der Waals surface area contributed by atoms with Crippen LogP contribution in [0, 0.1) is 0 Å². The Kier molecular flexibility index (Phi) is 2.88. The lowest BCUT2D eigenvalue weighted by Gasteiger charge is -2.28. The third-order valence-corrected chi connectivity index (χ3v) is 3.04. The van der Waals surface area contributed by atoms with Gasteiger partial charge in [-0.25, -0.2) is 0 Å². The first-order valence-electron chi connectivity index (χ1n) is 5.70. The van der Waals surface area contributed by atoms with E-state index in [4.69, 9.17) is 5.73 Å². The van der Waals surface area contributed by atoms with E-state index in [1.165, 1.54) is 0 Å². The lowest BCUT2D eigenvalue weighted by Crippen LogP contribution is -2.35. The van der Waals surface area contributed by atoms with Crippen LogP contribution in [0.2, 0.25) is 0 Å². The van der Waals surface area contributed by atoms with Gasteiger partial charge in [-0.15, -0.1) is 0 Å². The normalized spacial score (nSPS) is 20.4. The zero-order chi connectivity index (χ0) is 12.6. The maximum absolute atomic E-state index is 11.9. The lowest BCUT2D eigenvalue weighted by molar-refractivity contribution is -0.130. The average molecular weight is 232 g/mol. The molecule has 1 atom stereocenters. The van der Waals surface area contributed by atoms with Crippen molar-refractivity contribution in [2.45, 2.75) is 32.4 Å². The molecule has 0 aliphatic carbocycles. The Morgan fingerprint density at radius 1 is 1.29 bits per heavy atom. The van der Waals surface area contributed by atoms with Crippen LogP contribution >= 0.6 is 0 Å². The highest BCUT2D eigenvalue weighted by Gasteiger charge is 2.41. The van der Waals surface area contributed by atoms with Crippen molar-refractivity contribution in [1.29, 1.82) is 0 Å². The molecule has 0 saturated carbocycles. The molecule has 2 N–H and O–H groups in total. The number of carbonyl (C=O) groups is 2. The molecule has 1 amide bonds. The van der Waals surface area contributed by atoms with Gasteiger partial charge in [-0.1, -0.05) is 18.2 Å². The van der Waals surface area contributed by atoms with Gasteiger partial charge in [0.05, 0.1) is 6.42 Å². The van der Waals surface area contributed by atoms with Crippen molar-refractivity contribution in [3.63, 3.8) is 0 Å². The summed E-state index contributed by atoms with van der Waals surface area (Å²) in [6, 6.07) is 6.71. The third kappa shape index (κ3) is 1.90. The van der Waals surface area contributed by atoms with Crippen LogP contribution in [0.15, 0.2) is 24.3 Å². The van der Waals surface area contributed by atoms with Gasteiger partial charge in [0, 0.05) is 17.3 Å². The Morgan fingerprint density at radius 2 is 1.94 bits per heavy atom. The molecule has 1 aromatic rings. The lowest BCUT2D eigenvalue weighted by atomic mass is 10.0. The third-order valence-electron chi connectivity index (χ3n) is 3.04. The van der Waals surface area contributed by atoms with Gasteiger partial charge in [0.15, 0.2) is 5.78 Å². The number of amides is 1. The molecule has 17 heavy (non-hydrogen) atoms. The van der Waals surface area contributed by atoms with E-state index in [0.717, 1.165) is 5.56 Å². The van der Waals surface area contributed by atoms with E-state index in [-0.39, 0.29) is 24.2 Å². The Hall–Kier alpha value is -1.84. The molecule has 0 aromatic heterocycles. The number of anilines is 1. The number of carbonyl (C=O) groups excluding carboxylic acids is 2. The minimum Gasteiger partial charge on any atom is -0.398 e. The molecule has 1 aliphatic rings. The number of para-hydroxylation sites is 1. The molecular weight excluding hydrogens is 216 g/mol. The molecule has 4 heteroatoms. The Bertz CT molecular complexity index is 468. The van der Waals surface area contributed by atoms with Crippen LogP contribution in [0.25, 0.3) is 0 Å². The number of nitrogens with two attached hydrogens (primary N) is 1. The Labute approximate surface area is 100 Å². The van der Waals surface area contributed by atoms with Crippen molar-refractivity contribution in [1.82, 2.24) is 4.90 Å². The predicted octanol–water partition coefficient (Wildman–Crippen LogP) is 1.52. The van der Waals surface area contributed by atoms with Gasteiger partial charge in [-0.05, 0) is 19.9 Å². The summed E-state index contributed by atoms with van der Waals surface area (Å²) in [6.07, 6.45) is -0.0167. The van der Waals surface area contributed by atoms with E-state index < -0.39 is 6.04 Å². The average Bonchev–Trinajstić information content (AvgIpc) is 2.54. The second-order valence-corrected chi connectivity index (χ2v) is 4.57. The Morgan fingerprint density at radius 3 is 2.53 bits per heavy atom. The molecule has 0 radical (unpaired) electrons. The molecule has 1 fully saturated rings. The highest BCUT2D eigenvalue weighted by molar-refractivity contribution is 6.08. The number of likely N-dealkylation sites (tertiary alicyclic amines) is 1. The summed E-state index contributed by atoms with van der Waals surface area (Å²) < 4.78 is 0. The first-order valence-corrected chi connectivity index (χ1v) is 5.70. The van der Waals surface area contributed by atoms with Crippen LogP contribution in [0.4, 0.5) is 5.69 Å². The molecule has 1 heterocycles. The van der Waals surface area contributed by atoms with Crippen molar-refractivity contribution in [2.75, 3.05) is 5.73 Å². The zero-order valence-corrected chi connectivity index (χ0v) is 10.0. The van der Waals surface area contributed by atoms with Crippen LogP contribution in [0.1, 0.15) is 31.9 Å². The largest absolute Gasteiger partial charge is 0.398 e. The van der Waals surface area contributed by atoms with E-state index in [1.807, 2.05) is 32.0 Å². The van der Waals surface area contributed by atoms with E-state index in [2.05, 4.69) is 0 Å². The second-order valence-electron chi connectivity index (χ2n) is 4.57. The highest BCUT2D eigenvalue weighted by Crippen LogP contribution is 2.34. The van der Waals surface area contributed by atoms with E-state index >= 15 is 0 Å². The summed E-state index contributed by atoms with van der Waals surface area (Å²) in [5, 5.41) is 0. The van der Waals surface area contributed by atoms with Crippen molar-refractivity contribution in [2.24, 2.45) is 0 Å². The predicted molar refractivity (Wildman–Crippen MR) is 65.2 cm³/mol. The number of benzene rings is 1. The molecule has 90 valence electrons. The molecule has 0 spiro atoms. The molecule has 2 rings (SSSR count). The number of Topliss-reactive ketones (excluding diaryl/α,β-unsaturated/α-hetero) is 1. The summed E-state index contributed by atoms with van der Waals surface area (Å²) in [5.41, 5.74) is 7.17. The van der Waals surface area contributed by atoms with Crippen LogP contribution in [0.5, 0.6) is 0 Å². The summed E-state index contributed by atoms with van der Waals surface area (Å²) in [4.78, 5) is 25.3. The summed E-state index contributed by atoms with van der Waals surface area (Å²) in [7, 11) is 0. The van der Waals surface area contributed by atoms with Gasteiger partial charge in [0.25, 0.3) is 0 Å².